The van der Waals surface area contributed by atoms with Crippen LogP contribution in [0.15, 0.2) is 0 Å². The first-order valence-corrected chi connectivity index (χ1v) is 3.82. The molecule has 0 aliphatic carbocycles. The SMILES string of the molecule is COC(CC(=O)CN(C)C)OC. The Labute approximate surface area is 73.4 Å². The average Bonchev–Trinajstić information content (AvgIpc) is 1.98. The molecule has 0 fully saturated rings. The van der Waals surface area contributed by atoms with E-state index in [-0.39, 0.29) is 5.78 Å². The molecule has 0 atom stereocenters. The Balaban J connectivity index is 3.66. The van der Waals surface area contributed by atoms with Crippen molar-refractivity contribution in [3.8, 4) is 0 Å². The summed E-state index contributed by atoms with van der Waals surface area (Å²) < 4.78 is 9.78. The van der Waals surface area contributed by atoms with Crippen molar-refractivity contribution in [1.29, 1.82) is 0 Å². The van der Waals surface area contributed by atoms with Gasteiger partial charge in [-0.05, 0) is 14.1 Å². The van der Waals surface area contributed by atoms with Crippen molar-refractivity contribution in [3.05, 3.63) is 0 Å². The molecule has 0 saturated carbocycles. The van der Waals surface area contributed by atoms with E-state index >= 15 is 0 Å². The smallest absolute Gasteiger partial charge is 0.163 e. The Hall–Kier alpha value is -0.450. The molecule has 0 unspecified atom stereocenters. The summed E-state index contributed by atoms with van der Waals surface area (Å²) >= 11 is 0. The Morgan fingerprint density at radius 1 is 1.33 bits per heavy atom. The zero-order chi connectivity index (χ0) is 9.56. The summed E-state index contributed by atoms with van der Waals surface area (Å²) in [6.07, 6.45) is -0.0944. The van der Waals surface area contributed by atoms with Crippen LogP contribution in [0.5, 0.6) is 0 Å². The fourth-order valence-electron chi connectivity index (χ4n) is 0.866. The number of hydrogen-bond acceptors (Lipinski definition) is 4. The van der Waals surface area contributed by atoms with E-state index in [0.29, 0.717) is 13.0 Å². The maximum atomic E-state index is 11.2. The first-order chi connectivity index (χ1) is 5.60. The molecule has 0 aromatic carbocycles. The summed E-state index contributed by atoms with van der Waals surface area (Å²) in [5.41, 5.74) is 0. The summed E-state index contributed by atoms with van der Waals surface area (Å²) in [5.74, 6) is 0.119. The third kappa shape index (κ3) is 5.23. The van der Waals surface area contributed by atoms with Gasteiger partial charge in [-0.15, -0.1) is 0 Å². The number of nitrogens with zero attached hydrogens (tertiary/aromatic N) is 1. The first-order valence-electron chi connectivity index (χ1n) is 3.82. The number of rotatable bonds is 6. The number of Topliss-reactive ketones (excluding diaryl/α,β-unsaturated/α-hetero) is 1. The summed E-state index contributed by atoms with van der Waals surface area (Å²) in [7, 11) is 6.76. The molecule has 4 heteroatoms. The molecule has 0 rings (SSSR count). The highest BCUT2D eigenvalue weighted by Crippen LogP contribution is 1.98. The van der Waals surface area contributed by atoms with Crippen molar-refractivity contribution in [3.63, 3.8) is 0 Å². The van der Waals surface area contributed by atoms with Gasteiger partial charge in [0.1, 0.15) is 0 Å². The van der Waals surface area contributed by atoms with Crippen LogP contribution in [-0.4, -0.2) is 51.8 Å². The van der Waals surface area contributed by atoms with Crippen LogP contribution in [0.3, 0.4) is 0 Å². The number of carbonyl (C=O) groups is 1. The van der Waals surface area contributed by atoms with E-state index in [1.165, 1.54) is 14.2 Å². The Morgan fingerprint density at radius 2 is 1.83 bits per heavy atom. The van der Waals surface area contributed by atoms with Crippen LogP contribution < -0.4 is 0 Å². The third-order valence-corrected chi connectivity index (χ3v) is 1.41. The van der Waals surface area contributed by atoms with Gasteiger partial charge >= 0.3 is 0 Å². The van der Waals surface area contributed by atoms with Crippen LogP contribution in [0.2, 0.25) is 0 Å². The van der Waals surface area contributed by atoms with Crippen LogP contribution >= 0.6 is 0 Å². The predicted molar refractivity (Wildman–Crippen MR) is 46.0 cm³/mol. The summed E-state index contributed by atoms with van der Waals surface area (Å²) in [6, 6.07) is 0. The van der Waals surface area contributed by atoms with Crippen LogP contribution in [0.25, 0.3) is 0 Å². The molecule has 0 bridgehead atoms. The van der Waals surface area contributed by atoms with Gasteiger partial charge in [0, 0.05) is 14.2 Å². The zero-order valence-corrected chi connectivity index (χ0v) is 8.16. The van der Waals surface area contributed by atoms with Crippen LogP contribution in [0.1, 0.15) is 6.42 Å². The Bertz CT molecular complexity index is 132. The van der Waals surface area contributed by atoms with Gasteiger partial charge in [0.05, 0.1) is 13.0 Å². The second kappa shape index (κ2) is 6.11. The van der Waals surface area contributed by atoms with E-state index in [1.54, 1.807) is 0 Å². The van der Waals surface area contributed by atoms with Gasteiger partial charge in [0.25, 0.3) is 0 Å². The van der Waals surface area contributed by atoms with E-state index in [1.807, 2.05) is 19.0 Å². The molecule has 0 aliphatic heterocycles. The van der Waals surface area contributed by atoms with Crippen LogP contribution in [-0.2, 0) is 14.3 Å². The molecule has 12 heavy (non-hydrogen) atoms. The van der Waals surface area contributed by atoms with E-state index in [0.717, 1.165) is 0 Å². The normalized spacial score (nSPS) is 11.2. The van der Waals surface area contributed by atoms with Crippen molar-refractivity contribution in [2.75, 3.05) is 34.9 Å². The minimum Gasteiger partial charge on any atom is -0.355 e. The molecule has 72 valence electrons. The number of carbonyl (C=O) groups excluding carboxylic acids is 1. The molecule has 4 nitrogen and oxygen atoms in total. The highest BCUT2D eigenvalue weighted by atomic mass is 16.7. The number of ketones is 1. The van der Waals surface area contributed by atoms with E-state index in [9.17, 15) is 4.79 Å². The van der Waals surface area contributed by atoms with Crippen molar-refractivity contribution in [1.82, 2.24) is 4.90 Å². The minimum absolute atomic E-state index is 0.119. The number of hydrogen-bond donors (Lipinski definition) is 0. The largest absolute Gasteiger partial charge is 0.355 e. The number of methoxy groups -OCH3 is 2. The van der Waals surface area contributed by atoms with Gasteiger partial charge < -0.3 is 14.4 Å². The third-order valence-electron chi connectivity index (χ3n) is 1.41. The lowest BCUT2D eigenvalue weighted by molar-refractivity contribution is -0.137. The Kier molecular flexibility index (Phi) is 5.88. The maximum absolute atomic E-state index is 11.2. The summed E-state index contributed by atoms with van der Waals surface area (Å²) in [6.45, 7) is 0.434. The quantitative estimate of drug-likeness (QED) is 0.538. The van der Waals surface area contributed by atoms with Crippen molar-refractivity contribution in [2.45, 2.75) is 12.7 Å². The fourth-order valence-corrected chi connectivity index (χ4v) is 0.866. The van der Waals surface area contributed by atoms with Crippen LogP contribution in [0, 0.1) is 0 Å². The lowest BCUT2D eigenvalue weighted by Crippen LogP contribution is -2.26. The van der Waals surface area contributed by atoms with Crippen LogP contribution in [0.4, 0.5) is 0 Å². The van der Waals surface area contributed by atoms with Gasteiger partial charge in [-0.1, -0.05) is 0 Å². The second-order valence-corrected chi connectivity index (χ2v) is 2.88. The molecule has 0 aromatic rings. The van der Waals surface area contributed by atoms with Gasteiger partial charge in [-0.25, -0.2) is 0 Å². The predicted octanol–water partition coefficient (Wildman–Crippen LogP) is 0.126. The molecule has 0 spiro atoms. The van der Waals surface area contributed by atoms with E-state index in [2.05, 4.69) is 0 Å². The molecule has 0 N–H and O–H groups in total. The molecular formula is C8H17NO3. The van der Waals surface area contributed by atoms with Gasteiger partial charge in [-0.3, -0.25) is 4.79 Å². The van der Waals surface area contributed by atoms with Gasteiger partial charge in [-0.2, -0.15) is 0 Å². The second-order valence-electron chi connectivity index (χ2n) is 2.88. The van der Waals surface area contributed by atoms with E-state index < -0.39 is 6.29 Å². The number of ether oxygens (including phenoxy) is 2. The van der Waals surface area contributed by atoms with Crippen molar-refractivity contribution in [2.24, 2.45) is 0 Å². The Morgan fingerprint density at radius 3 is 2.17 bits per heavy atom. The van der Waals surface area contributed by atoms with Crippen molar-refractivity contribution >= 4 is 5.78 Å². The first kappa shape index (κ1) is 11.6. The average molecular weight is 175 g/mol. The monoisotopic (exact) mass is 175 g/mol. The molecule has 0 heterocycles. The summed E-state index contributed by atoms with van der Waals surface area (Å²) in [5, 5.41) is 0. The highest BCUT2D eigenvalue weighted by molar-refractivity contribution is 5.80. The summed E-state index contributed by atoms with van der Waals surface area (Å²) in [4.78, 5) is 13.0. The van der Waals surface area contributed by atoms with Gasteiger partial charge in [0.15, 0.2) is 12.1 Å². The zero-order valence-electron chi connectivity index (χ0n) is 8.16. The molecule has 0 radical (unpaired) electrons. The molecule has 0 saturated heterocycles. The fraction of sp³-hybridized carbons (Fsp3) is 0.875. The molecule has 0 aromatic heterocycles. The highest BCUT2D eigenvalue weighted by Gasteiger charge is 2.11. The number of likely N-dealkylation sites (N-methyl/N-ethyl adjacent to an activating group) is 1. The molecule has 0 aliphatic rings. The topological polar surface area (TPSA) is 38.8 Å². The molecular weight excluding hydrogens is 158 g/mol. The van der Waals surface area contributed by atoms with E-state index in [4.69, 9.17) is 9.47 Å². The molecule has 0 amide bonds. The minimum atomic E-state index is -0.405. The lowest BCUT2D eigenvalue weighted by Gasteiger charge is -2.14. The lowest BCUT2D eigenvalue weighted by atomic mass is 10.2. The van der Waals surface area contributed by atoms with Crippen molar-refractivity contribution < 1.29 is 14.3 Å². The maximum Gasteiger partial charge on any atom is 0.163 e. The standard InChI is InChI=1S/C8H17NO3/c1-9(2)6-7(10)5-8(11-3)12-4/h8H,5-6H2,1-4H3. The van der Waals surface area contributed by atoms with Gasteiger partial charge in [0.2, 0.25) is 0 Å².